The Hall–Kier alpha value is -1.58. The van der Waals surface area contributed by atoms with Crippen molar-refractivity contribution >= 4 is 5.91 Å². The van der Waals surface area contributed by atoms with Gasteiger partial charge in [0.2, 0.25) is 0 Å². The first-order valence-electron chi connectivity index (χ1n) is 5.88. The molecule has 0 radical (unpaired) electrons. The van der Waals surface area contributed by atoms with Gasteiger partial charge in [-0.15, -0.1) is 0 Å². The first-order chi connectivity index (χ1) is 8.11. The van der Waals surface area contributed by atoms with Crippen LogP contribution in [0.4, 0.5) is 4.39 Å². The molecule has 0 saturated carbocycles. The summed E-state index contributed by atoms with van der Waals surface area (Å²) in [7, 11) is 0. The summed E-state index contributed by atoms with van der Waals surface area (Å²) in [6.45, 7) is 5.05. The number of amides is 1. The molecule has 0 bridgehead atoms. The Morgan fingerprint density at radius 3 is 2.35 bits per heavy atom. The minimum Gasteiger partial charge on any atom is -0.507 e. The lowest BCUT2D eigenvalue weighted by Crippen LogP contribution is -2.33. The highest BCUT2D eigenvalue weighted by atomic mass is 19.1. The van der Waals surface area contributed by atoms with Gasteiger partial charge in [-0.25, -0.2) is 4.39 Å². The van der Waals surface area contributed by atoms with Crippen LogP contribution in [0.1, 0.15) is 37.0 Å². The predicted octanol–water partition coefficient (Wildman–Crippen LogP) is 2.79. The van der Waals surface area contributed by atoms with Gasteiger partial charge in [0.05, 0.1) is 0 Å². The Kier molecular flexibility index (Phi) is 4.94. The summed E-state index contributed by atoms with van der Waals surface area (Å²) in [5.74, 6) is -1.41. The molecular weight excluding hydrogens is 221 g/mol. The largest absolute Gasteiger partial charge is 0.507 e. The Labute approximate surface area is 101 Å². The zero-order valence-corrected chi connectivity index (χ0v) is 10.2. The molecule has 1 aromatic rings. The van der Waals surface area contributed by atoms with Crippen LogP contribution in [0, 0.1) is 5.82 Å². The van der Waals surface area contributed by atoms with E-state index in [-0.39, 0.29) is 11.3 Å². The van der Waals surface area contributed by atoms with Gasteiger partial charge in [0.15, 0.2) is 0 Å². The zero-order valence-electron chi connectivity index (χ0n) is 10.2. The lowest BCUT2D eigenvalue weighted by atomic mass is 10.1. The van der Waals surface area contributed by atoms with Gasteiger partial charge >= 0.3 is 0 Å². The fraction of sp³-hybridized carbons (Fsp3) is 0.462. The van der Waals surface area contributed by atoms with E-state index in [1.807, 2.05) is 13.8 Å². The van der Waals surface area contributed by atoms with Crippen molar-refractivity contribution in [2.75, 3.05) is 13.1 Å². The number of nitrogens with zero attached hydrogens (tertiary/aromatic N) is 1. The van der Waals surface area contributed by atoms with E-state index in [4.69, 9.17) is 0 Å². The van der Waals surface area contributed by atoms with Crippen molar-refractivity contribution in [3.8, 4) is 5.75 Å². The van der Waals surface area contributed by atoms with Crippen LogP contribution in [0.15, 0.2) is 18.2 Å². The molecule has 0 atom stereocenters. The summed E-state index contributed by atoms with van der Waals surface area (Å²) < 4.78 is 13.5. The Balaban J connectivity index is 3.00. The van der Waals surface area contributed by atoms with Crippen molar-refractivity contribution in [3.05, 3.63) is 29.6 Å². The number of phenolic OH excluding ortho intramolecular Hbond substituents is 1. The third-order valence-electron chi connectivity index (χ3n) is 2.48. The number of halogens is 1. The molecule has 0 fully saturated rings. The van der Waals surface area contributed by atoms with Crippen LogP contribution in [0.25, 0.3) is 0 Å². The number of hydrogen-bond acceptors (Lipinski definition) is 2. The number of carbonyl (C=O) groups is 1. The van der Waals surface area contributed by atoms with E-state index in [1.165, 1.54) is 18.2 Å². The minimum absolute atomic E-state index is 0.227. The maximum absolute atomic E-state index is 13.5. The van der Waals surface area contributed by atoms with E-state index < -0.39 is 11.7 Å². The number of hydrogen-bond donors (Lipinski definition) is 1. The van der Waals surface area contributed by atoms with E-state index in [1.54, 1.807) is 4.90 Å². The van der Waals surface area contributed by atoms with E-state index in [9.17, 15) is 14.3 Å². The molecule has 4 heteroatoms. The topological polar surface area (TPSA) is 40.5 Å². The molecule has 0 heterocycles. The average molecular weight is 239 g/mol. The normalized spacial score (nSPS) is 10.3. The van der Waals surface area contributed by atoms with Gasteiger partial charge in [-0.2, -0.15) is 0 Å². The molecule has 1 aromatic carbocycles. The monoisotopic (exact) mass is 239 g/mol. The Morgan fingerprint density at radius 2 is 1.88 bits per heavy atom. The average Bonchev–Trinajstić information content (AvgIpc) is 2.28. The summed E-state index contributed by atoms with van der Waals surface area (Å²) in [4.78, 5) is 13.7. The summed E-state index contributed by atoms with van der Waals surface area (Å²) in [6.07, 6.45) is 1.61. The molecule has 0 saturated heterocycles. The van der Waals surface area contributed by atoms with E-state index in [2.05, 4.69) is 0 Å². The molecule has 0 spiro atoms. The number of benzene rings is 1. The second kappa shape index (κ2) is 6.23. The molecule has 94 valence electrons. The van der Waals surface area contributed by atoms with Gasteiger partial charge in [0.25, 0.3) is 5.91 Å². The van der Waals surface area contributed by atoms with Crippen LogP contribution in [-0.2, 0) is 0 Å². The van der Waals surface area contributed by atoms with Crippen LogP contribution in [-0.4, -0.2) is 29.0 Å². The minimum atomic E-state index is -0.674. The van der Waals surface area contributed by atoms with Gasteiger partial charge in [0, 0.05) is 13.1 Å². The maximum atomic E-state index is 13.5. The Bertz CT molecular complexity index is 367. The summed E-state index contributed by atoms with van der Waals surface area (Å²) in [5, 5.41) is 9.56. The zero-order chi connectivity index (χ0) is 12.8. The first kappa shape index (κ1) is 13.5. The highest BCUT2D eigenvalue weighted by Crippen LogP contribution is 2.21. The van der Waals surface area contributed by atoms with Crippen LogP contribution in [0.3, 0.4) is 0 Å². The molecule has 17 heavy (non-hydrogen) atoms. The molecule has 1 N–H and O–H groups in total. The molecule has 0 aliphatic heterocycles. The lowest BCUT2D eigenvalue weighted by molar-refractivity contribution is 0.0747. The second-order valence-corrected chi connectivity index (χ2v) is 3.93. The van der Waals surface area contributed by atoms with Crippen LogP contribution < -0.4 is 0 Å². The van der Waals surface area contributed by atoms with Crippen molar-refractivity contribution < 1.29 is 14.3 Å². The molecule has 1 rings (SSSR count). The van der Waals surface area contributed by atoms with Crippen molar-refractivity contribution in [2.24, 2.45) is 0 Å². The molecular formula is C13H18FNO2. The molecule has 0 aromatic heterocycles. The highest BCUT2D eigenvalue weighted by Gasteiger charge is 2.21. The van der Waals surface area contributed by atoms with E-state index in [0.29, 0.717) is 13.1 Å². The van der Waals surface area contributed by atoms with Crippen molar-refractivity contribution in [2.45, 2.75) is 26.7 Å². The standard InChI is InChI=1S/C13H18FNO2/c1-3-8-15(9-4-2)13(17)12-10(14)6-5-7-11(12)16/h5-7,16H,3-4,8-9H2,1-2H3. The highest BCUT2D eigenvalue weighted by molar-refractivity contribution is 5.97. The number of aromatic hydroxyl groups is 1. The summed E-state index contributed by atoms with van der Waals surface area (Å²) in [6, 6.07) is 3.89. The van der Waals surface area contributed by atoms with Crippen molar-refractivity contribution in [1.82, 2.24) is 4.90 Å². The summed E-state index contributed by atoms with van der Waals surface area (Å²) in [5.41, 5.74) is -0.227. The fourth-order valence-electron chi connectivity index (χ4n) is 1.74. The maximum Gasteiger partial charge on any atom is 0.260 e. The third kappa shape index (κ3) is 3.19. The Morgan fingerprint density at radius 1 is 1.29 bits per heavy atom. The van der Waals surface area contributed by atoms with Gasteiger partial charge in [-0.05, 0) is 25.0 Å². The molecule has 3 nitrogen and oxygen atoms in total. The van der Waals surface area contributed by atoms with Gasteiger partial charge < -0.3 is 10.0 Å². The number of rotatable bonds is 5. The molecule has 0 unspecified atom stereocenters. The van der Waals surface area contributed by atoms with Crippen molar-refractivity contribution in [1.29, 1.82) is 0 Å². The van der Waals surface area contributed by atoms with Crippen molar-refractivity contribution in [3.63, 3.8) is 0 Å². The first-order valence-corrected chi connectivity index (χ1v) is 5.88. The quantitative estimate of drug-likeness (QED) is 0.858. The van der Waals surface area contributed by atoms with Gasteiger partial charge in [0.1, 0.15) is 17.1 Å². The van der Waals surface area contributed by atoms with Crippen LogP contribution >= 0.6 is 0 Å². The van der Waals surface area contributed by atoms with E-state index >= 15 is 0 Å². The third-order valence-corrected chi connectivity index (χ3v) is 2.48. The SMILES string of the molecule is CCCN(CCC)C(=O)c1c(O)cccc1F. The smallest absolute Gasteiger partial charge is 0.260 e. The number of carbonyl (C=O) groups excluding carboxylic acids is 1. The predicted molar refractivity (Wildman–Crippen MR) is 64.6 cm³/mol. The fourth-order valence-corrected chi connectivity index (χ4v) is 1.74. The van der Waals surface area contributed by atoms with E-state index in [0.717, 1.165) is 12.8 Å². The molecule has 0 aliphatic carbocycles. The van der Waals surface area contributed by atoms with Crippen LogP contribution in [0.2, 0.25) is 0 Å². The molecule has 1 amide bonds. The van der Waals surface area contributed by atoms with Crippen LogP contribution in [0.5, 0.6) is 5.75 Å². The lowest BCUT2D eigenvalue weighted by Gasteiger charge is -2.22. The second-order valence-electron chi connectivity index (χ2n) is 3.93. The van der Waals surface area contributed by atoms with Gasteiger partial charge in [-0.1, -0.05) is 19.9 Å². The van der Waals surface area contributed by atoms with Gasteiger partial charge in [-0.3, -0.25) is 4.79 Å². The summed E-state index contributed by atoms with van der Waals surface area (Å²) >= 11 is 0. The molecule has 0 aliphatic rings. The number of phenols is 1.